The Morgan fingerprint density at radius 2 is 1.52 bits per heavy atom. The Labute approximate surface area is 130 Å². The second kappa shape index (κ2) is 5.43. The average Bonchev–Trinajstić information content (AvgIpc) is 2.53. The highest BCUT2D eigenvalue weighted by Gasteiger charge is 2.30. The molecule has 23 heavy (non-hydrogen) atoms. The number of hydrogen-bond donors (Lipinski definition) is 1. The van der Waals surface area contributed by atoms with Crippen molar-refractivity contribution in [2.45, 2.75) is 6.18 Å². The maximum Gasteiger partial charge on any atom is 0.416 e. The van der Waals surface area contributed by atoms with Crippen LogP contribution in [0, 0.1) is 0 Å². The van der Waals surface area contributed by atoms with Gasteiger partial charge in [0.15, 0.2) is 0 Å². The molecule has 0 saturated heterocycles. The molecular weight excluding hydrogens is 303 g/mol. The first-order chi connectivity index (χ1) is 10.9. The highest BCUT2D eigenvalue weighted by molar-refractivity contribution is 6.09. The van der Waals surface area contributed by atoms with E-state index in [1.807, 2.05) is 18.2 Å². The topological polar surface area (TPSA) is 43.1 Å². The molecule has 116 valence electrons. The molecule has 2 N–H and O–H groups in total. The maximum absolute atomic E-state index is 12.7. The molecule has 2 nitrogen and oxygen atoms in total. The standard InChI is InChI=1S/C18H12F3NO/c19-18(20,21)13-8-5-12(6-9-13)16-14-4-2-1-3-11(14)7-10-15(16)17(22)23/h1-10H,(H2,22,23). The minimum absolute atomic E-state index is 0.281. The van der Waals surface area contributed by atoms with Gasteiger partial charge in [0.05, 0.1) is 5.56 Å². The number of carbonyl (C=O) groups excluding carboxylic acids is 1. The minimum atomic E-state index is -4.40. The molecule has 0 unspecified atom stereocenters. The zero-order valence-electron chi connectivity index (χ0n) is 11.9. The van der Waals surface area contributed by atoms with E-state index < -0.39 is 17.6 Å². The number of rotatable bonds is 2. The predicted molar refractivity (Wildman–Crippen MR) is 82.9 cm³/mol. The molecule has 0 aromatic heterocycles. The molecule has 0 atom stereocenters. The van der Waals surface area contributed by atoms with Crippen LogP contribution in [-0.4, -0.2) is 5.91 Å². The third-order valence-electron chi connectivity index (χ3n) is 3.70. The van der Waals surface area contributed by atoms with Gasteiger partial charge in [0.2, 0.25) is 5.91 Å². The van der Waals surface area contributed by atoms with E-state index in [-0.39, 0.29) is 5.56 Å². The number of carbonyl (C=O) groups is 1. The fourth-order valence-corrected chi connectivity index (χ4v) is 2.61. The van der Waals surface area contributed by atoms with Crippen molar-refractivity contribution in [3.8, 4) is 11.1 Å². The normalized spacial score (nSPS) is 11.6. The smallest absolute Gasteiger partial charge is 0.366 e. The zero-order chi connectivity index (χ0) is 16.6. The molecule has 0 bridgehead atoms. The van der Waals surface area contributed by atoms with Crippen LogP contribution in [0.1, 0.15) is 15.9 Å². The van der Waals surface area contributed by atoms with Gasteiger partial charge in [-0.05, 0) is 34.5 Å². The van der Waals surface area contributed by atoms with Crippen molar-refractivity contribution in [2.75, 3.05) is 0 Å². The first-order valence-corrected chi connectivity index (χ1v) is 6.87. The summed E-state index contributed by atoms with van der Waals surface area (Å²) in [6.07, 6.45) is -4.40. The van der Waals surface area contributed by atoms with Crippen LogP contribution in [0.15, 0.2) is 60.7 Å². The molecule has 0 heterocycles. The average molecular weight is 315 g/mol. The molecule has 0 aliphatic carbocycles. The molecule has 0 spiro atoms. The van der Waals surface area contributed by atoms with Crippen LogP contribution in [0.5, 0.6) is 0 Å². The third-order valence-corrected chi connectivity index (χ3v) is 3.70. The largest absolute Gasteiger partial charge is 0.416 e. The SMILES string of the molecule is NC(=O)c1ccc2ccccc2c1-c1ccc(C(F)(F)F)cc1. The number of amides is 1. The minimum Gasteiger partial charge on any atom is -0.366 e. The Hall–Kier alpha value is -2.82. The van der Waals surface area contributed by atoms with Crippen LogP contribution in [-0.2, 0) is 6.18 Å². The van der Waals surface area contributed by atoms with Gasteiger partial charge in [0.25, 0.3) is 0 Å². The number of halogens is 3. The summed E-state index contributed by atoms with van der Waals surface area (Å²) in [5.41, 5.74) is 6.03. The van der Waals surface area contributed by atoms with Crippen molar-refractivity contribution in [1.29, 1.82) is 0 Å². The lowest BCUT2D eigenvalue weighted by Crippen LogP contribution is -2.12. The fourth-order valence-electron chi connectivity index (χ4n) is 2.61. The summed E-state index contributed by atoms with van der Waals surface area (Å²) in [7, 11) is 0. The van der Waals surface area contributed by atoms with E-state index in [1.54, 1.807) is 18.2 Å². The molecule has 0 aliphatic rings. The predicted octanol–water partition coefficient (Wildman–Crippen LogP) is 4.62. The lowest BCUT2D eigenvalue weighted by molar-refractivity contribution is -0.137. The summed E-state index contributed by atoms with van der Waals surface area (Å²) in [4.78, 5) is 11.7. The number of alkyl halides is 3. The highest BCUT2D eigenvalue weighted by Crippen LogP contribution is 2.35. The molecule has 3 aromatic rings. The van der Waals surface area contributed by atoms with E-state index in [2.05, 4.69) is 0 Å². The number of hydrogen-bond acceptors (Lipinski definition) is 1. The van der Waals surface area contributed by atoms with E-state index in [4.69, 9.17) is 5.73 Å². The van der Waals surface area contributed by atoms with Gasteiger partial charge in [0, 0.05) is 11.1 Å². The third kappa shape index (κ3) is 2.77. The number of fused-ring (bicyclic) bond motifs is 1. The lowest BCUT2D eigenvalue weighted by atomic mass is 9.92. The lowest BCUT2D eigenvalue weighted by Gasteiger charge is -2.13. The van der Waals surface area contributed by atoms with Gasteiger partial charge in [0.1, 0.15) is 0 Å². The zero-order valence-corrected chi connectivity index (χ0v) is 11.9. The van der Waals surface area contributed by atoms with Crippen molar-refractivity contribution in [3.63, 3.8) is 0 Å². The van der Waals surface area contributed by atoms with Crippen LogP contribution in [0.25, 0.3) is 21.9 Å². The summed E-state index contributed by atoms with van der Waals surface area (Å²) in [6.45, 7) is 0. The Morgan fingerprint density at radius 3 is 2.13 bits per heavy atom. The first-order valence-electron chi connectivity index (χ1n) is 6.87. The quantitative estimate of drug-likeness (QED) is 0.736. The molecule has 3 aromatic carbocycles. The van der Waals surface area contributed by atoms with Crippen molar-refractivity contribution in [2.24, 2.45) is 5.73 Å². The van der Waals surface area contributed by atoms with Crippen LogP contribution >= 0.6 is 0 Å². The van der Waals surface area contributed by atoms with Crippen LogP contribution in [0.3, 0.4) is 0 Å². The summed E-state index contributed by atoms with van der Waals surface area (Å²) < 4.78 is 38.1. The van der Waals surface area contributed by atoms with Crippen molar-refractivity contribution >= 4 is 16.7 Å². The molecule has 3 rings (SSSR count). The number of benzene rings is 3. The van der Waals surface area contributed by atoms with Crippen molar-refractivity contribution in [3.05, 3.63) is 71.8 Å². The molecule has 0 fully saturated rings. The molecule has 0 saturated carbocycles. The monoisotopic (exact) mass is 315 g/mol. The van der Waals surface area contributed by atoms with Crippen LogP contribution in [0.4, 0.5) is 13.2 Å². The van der Waals surface area contributed by atoms with Crippen molar-refractivity contribution < 1.29 is 18.0 Å². The molecular formula is C18H12F3NO. The molecule has 0 aliphatic heterocycles. The van der Waals surface area contributed by atoms with Crippen LogP contribution < -0.4 is 5.73 Å². The molecule has 1 amide bonds. The first kappa shape index (κ1) is 15.1. The van der Waals surface area contributed by atoms with Gasteiger partial charge in [-0.15, -0.1) is 0 Å². The summed E-state index contributed by atoms with van der Waals surface area (Å²) in [5, 5.41) is 1.65. The Kier molecular flexibility index (Phi) is 3.56. The fraction of sp³-hybridized carbons (Fsp3) is 0.0556. The molecule has 5 heteroatoms. The Balaban J connectivity index is 2.25. The number of nitrogens with two attached hydrogens (primary N) is 1. The van der Waals surface area contributed by atoms with Gasteiger partial charge in [-0.1, -0.05) is 42.5 Å². The van der Waals surface area contributed by atoms with E-state index in [0.29, 0.717) is 11.1 Å². The van der Waals surface area contributed by atoms with E-state index in [0.717, 1.165) is 22.9 Å². The van der Waals surface area contributed by atoms with Crippen LogP contribution in [0.2, 0.25) is 0 Å². The van der Waals surface area contributed by atoms with Gasteiger partial charge < -0.3 is 5.73 Å². The van der Waals surface area contributed by atoms with Gasteiger partial charge in [-0.3, -0.25) is 4.79 Å². The highest BCUT2D eigenvalue weighted by atomic mass is 19.4. The number of primary amides is 1. The summed E-state index contributed by atoms with van der Waals surface area (Å²) in [5.74, 6) is -0.620. The molecule has 0 radical (unpaired) electrons. The second-order valence-corrected chi connectivity index (χ2v) is 5.15. The second-order valence-electron chi connectivity index (χ2n) is 5.15. The maximum atomic E-state index is 12.7. The van der Waals surface area contributed by atoms with E-state index >= 15 is 0 Å². The summed E-state index contributed by atoms with van der Waals surface area (Å²) >= 11 is 0. The van der Waals surface area contributed by atoms with E-state index in [9.17, 15) is 18.0 Å². The van der Waals surface area contributed by atoms with Gasteiger partial charge in [-0.25, -0.2) is 0 Å². The Morgan fingerprint density at radius 1 is 0.870 bits per heavy atom. The van der Waals surface area contributed by atoms with Gasteiger partial charge >= 0.3 is 6.18 Å². The van der Waals surface area contributed by atoms with Crippen molar-refractivity contribution in [1.82, 2.24) is 0 Å². The van der Waals surface area contributed by atoms with E-state index in [1.165, 1.54) is 12.1 Å². The summed E-state index contributed by atoms with van der Waals surface area (Å²) in [6, 6.07) is 15.4. The Bertz CT molecular complexity index is 883. The van der Waals surface area contributed by atoms with Gasteiger partial charge in [-0.2, -0.15) is 13.2 Å².